The van der Waals surface area contributed by atoms with Crippen LogP contribution in [0.15, 0.2) is 55.5 Å². The van der Waals surface area contributed by atoms with E-state index < -0.39 is 22.9 Å². The lowest BCUT2D eigenvalue weighted by Crippen LogP contribution is -2.47. The number of hydrogen-bond donors (Lipinski definition) is 0. The zero-order chi connectivity index (χ0) is 27.3. The molecule has 200 valence electrons. The molecule has 1 aliphatic rings. The average Bonchev–Trinajstić information content (AvgIpc) is 3.54. The molecule has 0 N–H and O–H groups in total. The number of aryl methyl sites for hydroxylation is 1. The smallest absolute Gasteiger partial charge is 0.225 e. The van der Waals surface area contributed by atoms with Gasteiger partial charge in [0.15, 0.2) is 5.82 Å². The minimum absolute atomic E-state index is 0.220. The summed E-state index contributed by atoms with van der Waals surface area (Å²) in [6, 6.07) is 3.44. The first-order valence-corrected chi connectivity index (χ1v) is 12.5. The van der Waals surface area contributed by atoms with Crippen molar-refractivity contribution in [3.8, 4) is 11.1 Å². The Kier molecular flexibility index (Phi) is 5.96. The summed E-state index contributed by atoms with van der Waals surface area (Å²) in [5.74, 6) is -1.45. The number of fused-ring (bicyclic) bond motifs is 1. The zero-order valence-corrected chi connectivity index (χ0v) is 21.7. The van der Waals surface area contributed by atoms with E-state index in [2.05, 4.69) is 41.0 Å². The van der Waals surface area contributed by atoms with Crippen LogP contribution in [0.3, 0.4) is 0 Å². The first-order valence-electron chi connectivity index (χ1n) is 12.5. The predicted octanol–water partition coefficient (Wildman–Crippen LogP) is 3.99. The Bertz CT molecular complexity index is 1630. The van der Waals surface area contributed by atoms with Crippen LogP contribution in [0.4, 0.5) is 24.9 Å². The summed E-state index contributed by atoms with van der Waals surface area (Å²) in [6.07, 6.45) is 10.4. The average molecular weight is 534 g/mol. The summed E-state index contributed by atoms with van der Waals surface area (Å²) in [4.78, 5) is 17.8. The van der Waals surface area contributed by atoms with Gasteiger partial charge in [-0.3, -0.25) is 4.68 Å². The van der Waals surface area contributed by atoms with Gasteiger partial charge in [0.2, 0.25) is 5.95 Å². The van der Waals surface area contributed by atoms with E-state index in [1.165, 1.54) is 0 Å². The second-order valence-corrected chi connectivity index (χ2v) is 10.2. The normalized spacial score (nSPS) is 14.4. The summed E-state index contributed by atoms with van der Waals surface area (Å²) in [6.45, 7) is 6.04. The van der Waals surface area contributed by atoms with E-state index in [-0.39, 0.29) is 5.56 Å². The van der Waals surface area contributed by atoms with E-state index >= 15 is 0 Å². The van der Waals surface area contributed by atoms with E-state index in [9.17, 15) is 13.2 Å². The SMILES string of the molecule is Cn1cc(-c2cc3c(N4CCN(c5ncc(C(C)(C)c6c(F)cc(F)cc6F)cn5)CC4)ncnn3c2)cn1. The van der Waals surface area contributed by atoms with Crippen molar-refractivity contribution in [1.29, 1.82) is 0 Å². The van der Waals surface area contributed by atoms with Gasteiger partial charge in [0.1, 0.15) is 29.3 Å². The molecule has 0 spiro atoms. The number of anilines is 2. The van der Waals surface area contributed by atoms with Gasteiger partial charge < -0.3 is 9.80 Å². The van der Waals surface area contributed by atoms with Gasteiger partial charge >= 0.3 is 0 Å². The Morgan fingerprint density at radius 1 is 0.769 bits per heavy atom. The van der Waals surface area contributed by atoms with Crippen LogP contribution in [0.2, 0.25) is 0 Å². The van der Waals surface area contributed by atoms with Gasteiger partial charge in [-0.15, -0.1) is 0 Å². The van der Waals surface area contributed by atoms with Crippen molar-refractivity contribution >= 4 is 17.3 Å². The Morgan fingerprint density at radius 2 is 1.44 bits per heavy atom. The molecule has 0 bridgehead atoms. The highest BCUT2D eigenvalue weighted by atomic mass is 19.1. The largest absolute Gasteiger partial charge is 0.351 e. The first kappa shape index (κ1) is 24.8. The minimum Gasteiger partial charge on any atom is -0.351 e. The molecular formula is C27H26F3N9. The molecule has 0 radical (unpaired) electrons. The highest BCUT2D eigenvalue weighted by Gasteiger charge is 2.32. The summed E-state index contributed by atoms with van der Waals surface area (Å²) in [5.41, 5.74) is 2.14. The van der Waals surface area contributed by atoms with E-state index in [4.69, 9.17) is 0 Å². The topological polar surface area (TPSA) is 80.3 Å². The monoisotopic (exact) mass is 533 g/mol. The Morgan fingerprint density at radius 3 is 2.08 bits per heavy atom. The van der Waals surface area contributed by atoms with Crippen LogP contribution in [0.25, 0.3) is 16.6 Å². The molecule has 6 rings (SSSR count). The van der Waals surface area contributed by atoms with Crippen LogP contribution >= 0.6 is 0 Å². The lowest BCUT2D eigenvalue weighted by atomic mass is 9.79. The summed E-state index contributed by atoms with van der Waals surface area (Å²) < 4.78 is 46.0. The molecule has 12 heteroatoms. The molecule has 5 aromatic rings. The van der Waals surface area contributed by atoms with Crippen molar-refractivity contribution in [2.45, 2.75) is 19.3 Å². The van der Waals surface area contributed by atoms with Crippen molar-refractivity contribution in [3.05, 3.63) is 84.1 Å². The third-order valence-corrected chi connectivity index (χ3v) is 7.28. The quantitative estimate of drug-likeness (QED) is 0.338. The molecule has 1 aliphatic heterocycles. The molecule has 9 nitrogen and oxygen atoms in total. The van der Waals surface area contributed by atoms with Gasteiger partial charge in [-0.25, -0.2) is 32.6 Å². The Hall–Kier alpha value is -4.48. The number of nitrogens with zero attached hydrogens (tertiary/aromatic N) is 9. The maximum atomic E-state index is 14.5. The van der Waals surface area contributed by atoms with E-state index in [0.717, 1.165) is 22.5 Å². The maximum absolute atomic E-state index is 14.5. The molecular weight excluding hydrogens is 507 g/mol. The second kappa shape index (κ2) is 9.37. The Balaban J connectivity index is 1.18. The number of piperazine rings is 1. The molecule has 0 unspecified atom stereocenters. The van der Waals surface area contributed by atoms with Gasteiger partial charge in [0.05, 0.1) is 6.20 Å². The van der Waals surface area contributed by atoms with Crippen LogP contribution in [0, 0.1) is 17.5 Å². The fourth-order valence-corrected chi connectivity index (χ4v) is 5.10. The molecule has 1 aromatic carbocycles. The lowest BCUT2D eigenvalue weighted by Gasteiger charge is -2.35. The summed E-state index contributed by atoms with van der Waals surface area (Å²) in [5, 5.41) is 8.63. The van der Waals surface area contributed by atoms with Crippen LogP contribution < -0.4 is 9.80 Å². The lowest BCUT2D eigenvalue weighted by molar-refractivity contribution is 0.477. The molecule has 0 aliphatic carbocycles. The maximum Gasteiger partial charge on any atom is 0.225 e. The molecule has 0 atom stereocenters. The van der Waals surface area contributed by atoms with Crippen LogP contribution in [-0.2, 0) is 12.5 Å². The van der Waals surface area contributed by atoms with Crippen molar-refractivity contribution in [2.24, 2.45) is 7.05 Å². The molecule has 39 heavy (non-hydrogen) atoms. The first-order chi connectivity index (χ1) is 18.7. The number of halogens is 3. The van der Waals surface area contributed by atoms with Crippen LogP contribution in [0.1, 0.15) is 25.0 Å². The predicted molar refractivity (Wildman–Crippen MR) is 140 cm³/mol. The fraction of sp³-hybridized carbons (Fsp3) is 0.296. The Labute approximate surface area is 222 Å². The van der Waals surface area contributed by atoms with E-state index in [0.29, 0.717) is 49.8 Å². The number of benzene rings is 1. The van der Waals surface area contributed by atoms with Gasteiger partial charge in [0, 0.05) is 92.3 Å². The van der Waals surface area contributed by atoms with Gasteiger partial charge in [0.25, 0.3) is 0 Å². The highest BCUT2D eigenvalue weighted by Crippen LogP contribution is 2.35. The minimum atomic E-state index is -1.09. The van der Waals surface area contributed by atoms with Gasteiger partial charge in [-0.1, -0.05) is 13.8 Å². The fourth-order valence-electron chi connectivity index (χ4n) is 5.10. The van der Waals surface area contributed by atoms with E-state index in [1.807, 2.05) is 30.2 Å². The molecule has 1 fully saturated rings. The second-order valence-electron chi connectivity index (χ2n) is 10.2. The molecule has 5 heterocycles. The van der Waals surface area contributed by atoms with Crippen LogP contribution in [-0.4, -0.2) is 60.5 Å². The third kappa shape index (κ3) is 4.45. The molecule has 1 saturated heterocycles. The standard InChI is InChI=1S/C27H26F3N9/c1-27(2,24-21(29)9-20(28)10-22(24)30)19-12-31-26(32-13-19)38-6-4-37(5-7-38)25-23-8-17(15-39(23)35-16-33-25)18-11-34-36(3)14-18/h8-16H,4-7H2,1-3H3. The van der Waals surface area contributed by atoms with Gasteiger partial charge in [-0.05, 0) is 11.6 Å². The summed E-state index contributed by atoms with van der Waals surface area (Å²) >= 11 is 0. The van der Waals surface area contributed by atoms with Crippen molar-refractivity contribution < 1.29 is 13.2 Å². The van der Waals surface area contributed by atoms with E-state index in [1.54, 1.807) is 37.3 Å². The zero-order valence-electron chi connectivity index (χ0n) is 21.7. The summed E-state index contributed by atoms with van der Waals surface area (Å²) in [7, 11) is 1.88. The highest BCUT2D eigenvalue weighted by molar-refractivity contribution is 5.77. The molecule has 0 saturated carbocycles. The van der Waals surface area contributed by atoms with Crippen molar-refractivity contribution in [1.82, 2.24) is 34.3 Å². The van der Waals surface area contributed by atoms with Gasteiger partial charge in [-0.2, -0.15) is 10.2 Å². The van der Waals surface area contributed by atoms with Crippen molar-refractivity contribution in [2.75, 3.05) is 36.0 Å². The number of hydrogen-bond acceptors (Lipinski definition) is 7. The molecule has 0 amide bonds. The molecule has 4 aromatic heterocycles. The number of aromatic nitrogens is 7. The van der Waals surface area contributed by atoms with Crippen molar-refractivity contribution in [3.63, 3.8) is 0 Å². The third-order valence-electron chi connectivity index (χ3n) is 7.28. The number of rotatable bonds is 5. The van der Waals surface area contributed by atoms with Crippen LogP contribution in [0.5, 0.6) is 0 Å².